The van der Waals surface area contributed by atoms with Crippen LogP contribution in [0.2, 0.25) is 0 Å². The van der Waals surface area contributed by atoms with Crippen molar-refractivity contribution in [1.29, 1.82) is 0 Å². The Hall–Kier alpha value is -3.04. The summed E-state index contributed by atoms with van der Waals surface area (Å²) < 4.78 is 9.25. The Kier molecular flexibility index (Phi) is 4.63. The summed E-state index contributed by atoms with van der Waals surface area (Å²) in [5, 5.41) is 15.9. The maximum absolute atomic E-state index is 10.3. The van der Waals surface area contributed by atoms with Gasteiger partial charge in [-0.25, -0.2) is 4.98 Å². The molecule has 9 nitrogen and oxygen atoms in total. The number of aryl methyl sites for hydroxylation is 2. The summed E-state index contributed by atoms with van der Waals surface area (Å²) in [7, 11) is 0. The highest BCUT2D eigenvalue weighted by molar-refractivity contribution is 5.86. The maximum atomic E-state index is 10.3. The molecule has 156 valence electrons. The van der Waals surface area contributed by atoms with E-state index in [1.165, 1.54) is 5.56 Å². The molecule has 0 saturated carbocycles. The lowest BCUT2D eigenvalue weighted by Gasteiger charge is -2.28. The number of aliphatic hydroxyl groups excluding tert-OH is 1. The number of aromatic nitrogens is 6. The van der Waals surface area contributed by atoms with E-state index in [1.54, 1.807) is 11.6 Å². The molecular formula is C21H25N7O2. The number of nitrogens with zero attached hydrogens (tertiary/aromatic N) is 7. The fourth-order valence-corrected chi connectivity index (χ4v) is 4.02. The van der Waals surface area contributed by atoms with Crippen LogP contribution in [0.5, 0.6) is 0 Å². The zero-order chi connectivity index (χ0) is 20.8. The molecule has 1 unspecified atom stereocenters. The minimum absolute atomic E-state index is 0.495. The fraction of sp³-hybridized carbons (Fsp3) is 0.429. The first-order valence-electron chi connectivity index (χ1n) is 10.3. The third-order valence-electron chi connectivity index (χ3n) is 5.51. The Balaban J connectivity index is 1.77. The van der Waals surface area contributed by atoms with Crippen LogP contribution in [0.15, 0.2) is 24.4 Å². The number of rotatable bonds is 4. The van der Waals surface area contributed by atoms with Crippen molar-refractivity contribution in [3.05, 3.63) is 35.8 Å². The summed E-state index contributed by atoms with van der Waals surface area (Å²) in [4.78, 5) is 16.6. The monoisotopic (exact) mass is 407 g/mol. The molecular weight excluding hydrogens is 382 g/mol. The van der Waals surface area contributed by atoms with Crippen molar-refractivity contribution < 1.29 is 9.84 Å². The van der Waals surface area contributed by atoms with Crippen LogP contribution >= 0.6 is 0 Å². The number of hydrogen-bond donors (Lipinski definition) is 1. The molecule has 1 aliphatic heterocycles. The lowest BCUT2D eigenvalue weighted by Crippen LogP contribution is -2.37. The Bertz CT molecular complexity index is 1220. The molecule has 1 fully saturated rings. The van der Waals surface area contributed by atoms with Gasteiger partial charge in [-0.1, -0.05) is 11.6 Å². The van der Waals surface area contributed by atoms with Gasteiger partial charge in [-0.15, -0.1) is 0 Å². The topological polar surface area (TPSA) is 94.1 Å². The number of ether oxygens (including phenoxy) is 1. The van der Waals surface area contributed by atoms with Gasteiger partial charge < -0.3 is 19.3 Å². The van der Waals surface area contributed by atoms with Crippen molar-refractivity contribution in [3.63, 3.8) is 0 Å². The van der Waals surface area contributed by atoms with Crippen LogP contribution in [-0.4, -0.2) is 60.7 Å². The average Bonchev–Trinajstić information content (AvgIpc) is 3.34. The number of morpholine rings is 1. The van der Waals surface area contributed by atoms with Gasteiger partial charge in [-0.3, -0.25) is 0 Å². The van der Waals surface area contributed by atoms with E-state index < -0.39 is 6.10 Å². The lowest BCUT2D eigenvalue weighted by atomic mass is 10.2. The summed E-state index contributed by atoms with van der Waals surface area (Å²) >= 11 is 0. The van der Waals surface area contributed by atoms with Crippen LogP contribution in [0.3, 0.4) is 0 Å². The summed E-state index contributed by atoms with van der Waals surface area (Å²) in [5.41, 5.74) is 3.53. The largest absolute Gasteiger partial charge is 0.385 e. The van der Waals surface area contributed by atoms with Gasteiger partial charge in [0.1, 0.15) is 11.9 Å². The molecule has 0 bridgehead atoms. The normalized spacial score (nSPS) is 15.9. The molecule has 4 aromatic rings. The molecule has 0 spiro atoms. The van der Waals surface area contributed by atoms with Crippen molar-refractivity contribution in [2.45, 2.75) is 33.4 Å². The number of hydrogen-bond acceptors (Lipinski definition) is 7. The van der Waals surface area contributed by atoms with Crippen LogP contribution < -0.4 is 4.90 Å². The van der Waals surface area contributed by atoms with Crippen LogP contribution in [0.1, 0.15) is 31.3 Å². The number of anilines is 1. The van der Waals surface area contributed by atoms with E-state index in [9.17, 15) is 5.11 Å². The third-order valence-corrected chi connectivity index (χ3v) is 5.51. The predicted octanol–water partition coefficient (Wildman–Crippen LogP) is 2.38. The SMILES string of the molecule is CCn1c(C(C)O)nc2c(N3CCOCC3)nc(-n3ncc4cc(C)ccc43)nc21. The average molecular weight is 407 g/mol. The minimum atomic E-state index is -0.700. The molecule has 1 aromatic carbocycles. The molecule has 1 saturated heterocycles. The maximum Gasteiger partial charge on any atom is 0.255 e. The van der Waals surface area contributed by atoms with Crippen molar-refractivity contribution in [1.82, 2.24) is 29.3 Å². The highest BCUT2D eigenvalue weighted by Gasteiger charge is 2.25. The van der Waals surface area contributed by atoms with Crippen LogP contribution in [0.25, 0.3) is 28.0 Å². The molecule has 30 heavy (non-hydrogen) atoms. The predicted molar refractivity (Wildman–Crippen MR) is 114 cm³/mol. The Labute approximate surface area is 173 Å². The van der Waals surface area contributed by atoms with Gasteiger partial charge in [0.05, 0.1) is 24.9 Å². The van der Waals surface area contributed by atoms with Gasteiger partial charge in [-0.2, -0.15) is 19.7 Å². The van der Waals surface area contributed by atoms with Crippen molar-refractivity contribution in [3.8, 4) is 5.95 Å². The van der Waals surface area contributed by atoms with Gasteiger partial charge in [0, 0.05) is 25.0 Å². The summed E-state index contributed by atoms with van der Waals surface area (Å²) in [5.74, 6) is 1.84. The third kappa shape index (κ3) is 3.01. The quantitative estimate of drug-likeness (QED) is 0.555. The van der Waals surface area contributed by atoms with E-state index in [4.69, 9.17) is 19.7 Å². The molecule has 9 heteroatoms. The van der Waals surface area contributed by atoms with Gasteiger partial charge in [0.25, 0.3) is 5.95 Å². The van der Waals surface area contributed by atoms with E-state index in [1.807, 2.05) is 23.8 Å². The molecule has 1 aliphatic rings. The second-order valence-corrected chi connectivity index (χ2v) is 7.63. The molecule has 5 rings (SSSR count). The molecule has 0 aliphatic carbocycles. The summed E-state index contributed by atoms with van der Waals surface area (Å²) in [6.07, 6.45) is 1.14. The Morgan fingerprint density at radius 3 is 2.70 bits per heavy atom. The molecule has 3 aromatic heterocycles. The highest BCUT2D eigenvalue weighted by Crippen LogP contribution is 2.29. The van der Waals surface area contributed by atoms with Crippen molar-refractivity contribution in [2.24, 2.45) is 0 Å². The first-order valence-corrected chi connectivity index (χ1v) is 10.3. The lowest BCUT2D eigenvalue weighted by molar-refractivity contribution is 0.122. The minimum Gasteiger partial charge on any atom is -0.385 e. The van der Waals surface area contributed by atoms with Gasteiger partial charge in [0.2, 0.25) is 0 Å². The number of imidazole rings is 1. The fourth-order valence-electron chi connectivity index (χ4n) is 4.02. The Morgan fingerprint density at radius 2 is 1.97 bits per heavy atom. The summed E-state index contributed by atoms with van der Waals surface area (Å²) in [6, 6.07) is 6.20. The van der Waals surface area contributed by atoms with Gasteiger partial charge >= 0.3 is 0 Å². The van der Waals surface area contributed by atoms with Crippen LogP contribution in [0, 0.1) is 6.92 Å². The van der Waals surface area contributed by atoms with Crippen LogP contribution in [0.4, 0.5) is 5.82 Å². The van der Waals surface area contributed by atoms with E-state index in [2.05, 4.69) is 29.1 Å². The summed E-state index contributed by atoms with van der Waals surface area (Å²) in [6.45, 7) is 9.20. The Morgan fingerprint density at radius 1 is 1.17 bits per heavy atom. The molecule has 4 heterocycles. The number of aliphatic hydroxyl groups is 1. The molecule has 0 radical (unpaired) electrons. The first-order chi connectivity index (χ1) is 14.6. The molecule has 1 atom stereocenters. The van der Waals surface area contributed by atoms with Crippen LogP contribution in [-0.2, 0) is 11.3 Å². The molecule has 1 N–H and O–H groups in total. The van der Waals surface area contributed by atoms with Crippen molar-refractivity contribution in [2.75, 3.05) is 31.2 Å². The second-order valence-electron chi connectivity index (χ2n) is 7.63. The van der Waals surface area contributed by atoms with E-state index in [0.29, 0.717) is 42.7 Å². The first kappa shape index (κ1) is 19.0. The zero-order valence-electron chi connectivity index (χ0n) is 17.4. The number of benzene rings is 1. The van der Waals surface area contributed by atoms with E-state index >= 15 is 0 Å². The second kappa shape index (κ2) is 7.33. The van der Waals surface area contributed by atoms with Gasteiger partial charge in [0.15, 0.2) is 17.0 Å². The van der Waals surface area contributed by atoms with Crippen molar-refractivity contribution >= 4 is 27.9 Å². The smallest absolute Gasteiger partial charge is 0.255 e. The van der Waals surface area contributed by atoms with E-state index in [-0.39, 0.29) is 0 Å². The number of fused-ring (bicyclic) bond motifs is 2. The zero-order valence-corrected chi connectivity index (χ0v) is 17.4. The van der Waals surface area contributed by atoms with E-state index in [0.717, 1.165) is 29.8 Å². The standard InChI is InChI=1S/C21H25N7O2/c1-4-27-18(14(3)29)23-17-19(26-7-9-30-10-8-26)24-21(25-20(17)27)28-16-6-5-13(2)11-15(16)12-22-28/h5-6,11-12,14,29H,4,7-10H2,1-3H3. The highest BCUT2D eigenvalue weighted by atomic mass is 16.5. The van der Waals surface area contributed by atoms with Gasteiger partial charge in [-0.05, 0) is 32.9 Å². The molecule has 0 amide bonds.